The lowest BCUT2D eigenvalue weighted by Gasteiger charge is -2.37. The third-order valence-electron chi connectivity index (χ3n) is 3.99. The number of amides is 1. The molecule has 0 bridgehead atoms. The van der Waals surface area contributed by atoms with Crippen LogP contribution in [0.2, 0.25) is 0 Å². The van der Waals surface area contributed by atoms with Crippen LogP contribution in [0.3, 0.4) is 0 Å². The highest BCUT2D eigenvalue weighted by molar-refractivity contribution is 5.65. The Morgan fingerprint density at radius 2 is 2.10 bits per heavy atom. The van der Waals surface area contributed by atoms with E-state index in [0.29, 0.717) is 38.8 Å². The molecule has 6 heteroatoms. The third-order valence-corrected chi connectivity index (χ3v) is 3.99. The summed E-state index contributed by atoms with van der Waals surface area (Å²) >= 11 is 0. The maximum absolute atomic E-state index is 13.2. The van der Waals surface area contributed by atoms with Gasteiger partial charge in [-0.05, 0) is 43.4 Å². The van der Waals surface area contributed by atoms with E-state index < -0.39 is 17.5 Å². The van der Waals surface area contributed by atoms with E-state index in [9.17, 15) is 14.3 Å². The molecule has 1 aliphatic rings. The summed E-state index contributed by atoms with van der Waals surface area (Å²) in [6, 6.07) is 6.14. The maximum atomic E-state index is 13.2. The van der Waals surface area contributed by atoms with Crippen LogP contribution in [0.15, 0.2) is 18.2 Å². The van der Waals surface area contributed by atoms with Crippen LogP contribution < -0.4 is 0 Å². The van der Waals surface area contributed by atoms with Crippen LogP contribution in [-0.4, -0.2) is 39.9 Å². The molecular weight excluding hydrogens is 275 g/mol. The largest absolute Gasteiger partial charge is 0.465 e. The topological polar surface area (TPSA) is 84.6 Å². The zero-order chi connectivity index (χ0) is 15.5. The van der Waals surface area contributed by atoms with Gasteiger partial charge in [0.05, 0.1) is 11.2 Å². The second kappa shape index (κ2) is 6.10. The molecule has 5 nitrogen and oxygen atoms in total. The molecule has 0 aromatic heterocycles. The summed E-state index contributed by atoms with van der Waals surface area (Å²) in [5, 5.41) is 28.1. The zero-order valence-corrected chi connectivity index (χ0v) is 11.5. The summed E-state index contributed by atoms with van der Waals surface area (Å²) in [5.74, 6) is -0.547. The predicted molar refractivity (Wildman–Crippen MR) is 73.2 cm³/mol. The van der Waals surface area contributed by atoms with Crippen molar-refractivity contribution in [3.8, 4) is 6.07 Å². The number of aliphatic hydroxyl groups is 1. The Morgan fingerprint density at radius 3 is 2.67 bits per heavy atom. The predicted octanol–water partition coefficient (Wildman–Crippen LogP) is 2.13. The van der Waals surface area contributed by atoms with Crippen LogP contribution in [-0.2, 0) is 6.42 Å². The summed E-state index contributed by atoms with van der Waals surface area (Å²) in [6.07, 6.45) is 0.821. The first-order valence-corrected chi connectivity index (χ1v) is 6.82. The highest BCUT2D eigenvalue weighted by atomic mass is 19.1. The molecule has 0 radical (unpaired) electrons. The van der Waals surface area contributed by atoms with Gasteiger partial charge in [0.15, 0.2) is 0 Å². The van der Waals surface area contributed by atoms with E-state index in [1.54, 1.807) is 12.1 Å². The number of halogens is 1. The fourth-order valence-corrected chi connectivity index (χ4v) is 2.55. The maximum Gasteiger partial charge on any atom is 0.407 e. The molecule has 2 N–H and O–H groups in total. The van der Waals surface area contributed by atoms with Crippen LogP contribution in [0.5, 0.6) is 0 Å². The monoisotopic (exact) mass is 292 g/mol. The molecule has 1 aliphatic heterocycles. The first kappa shape index (κ1) is 15.3. The van der Waals surface area contributed by atoms with Crippen molar-refractivity contribution in [3.63, 3.8) is 0 Å². The molecule has 0 unspecified atom stereocenters. The number of hydrogen-bond donors (Lipinski definition) is 2. The molecule has 112 valence electrons. The number of nitrogens with zero attached hydrogens (tertiary/aromatic N) is 2. The van der Waals surface area contributed by atoms with E-state index >= 15 is 0 Å². The minimum atomic E-state index is -0.964. The lowest BCUT2D eigenvalue weighted by atomic mass is 9.85. The van der Waals surface area contributed by atoms with Crippen LogP contribution in [0.25, 0.3) is 0 Å². The number of aryl methyl sites for hydroxylation is 1. The quantitative estimate of drug-likeness (QED) is 0.893. The van der Waals surface area contributed by atoms with E-state index in [-0.39, 0.29) is 5.56 Å². The van der Waals surface area contributed by atoms with Crippen LogP contribution in [0, 0.1) is 17.1 Å². The molecule has 21 heavy (non-hydrogen) atoms. The number of hydrogen-bond acceptors (Lipinski definition) is 3. The Bertz CT molecular complexity index is 575. The first-order chi connectivity index (χ1) is 9.93. The van der Waals surface area contributed by atoms with Gasteiger partial charge in [-0.3, -0.25) is 0 Å². The molecule has 1 aromatic carbocycles. The lowest BCUT2D eigenvalue weighted by molar-refractivity contribution is -0.0228. The van der Waals surface area contributed by atoms with E-state index in [1.165, 1.54) is 17.0 Å². The van der Waals surface area contributed by atoms with Crippen molar-refractivity contribution in [1.29, 1.82) is 5.26 Å². The highest BCUT2D eigenvalue weighted by Crippen LogP contribution is 2.27. The van der Waals surface area contributed by atoms with Gasteiger partial charge in [0, 0.05) is 13.1 Å². The summed E-state index contributed by atoms with van der Waals surface area (Å²) < 4.78 is 13.2. The van der Waals surface area contributed by atoms with Crippen LogP contribution in [0.1, 0.15) is 30.4 Å². The third kappa shape index (κ3) is 3.70. The molecule has 2 rings (SSSR count). The van der Waals surface area contributed by atoms with E-state index in [4.69, 9.17) is 10.4 Å². The van der Waals surface area contributed by atoms with Crippen molar-refractivity contribution in [2.75, 3.05) is 13.1 Å². The second-order valence-electron chi connectivity index (χ2n) is 5.42. The van der Waals surface area contributed by atoms with Gasteiger partial charge in [-0.25, -0.2) is 9.18 Å². The summed E-state index contributed by atoms with van der Waals surface area (Å²) in [4.78, 5) is 12.1. The van der Waals surface area contributed by atoms with Crippen molar-refractivity contribution in [2.45, 2.75) is 31.3 Å². The Kier molecular flexibility index (Phi) is 4.43. The van der Waals surface area contributed by atoms with Gasteiger partial charge in [0.1, 0.15) is 11.9 Å². The zero-order valence-electron chi connectivity index (χ0n) is 11.5. The second-order valence-corrected chi connectivity index (χ2v) is 5.42. The fourth-order valence-electron chi connectivity index (χ4n) is 2.55. The van der Waals surface area contributed by atoms with Crippen molar-refractivity contribution in [2.24, 2.45) is 0 Å². The number of carbonyl (C=O) groups is 1. The minimum absolute atomic E-state index is 0.000172. The minimum Gasteiger partial charge on any atom is -0.465 e. The van der Waals surface area contributed by atoms with Gasteiger partial charge in [0.25, 0.3) is 0 Å². The Hall–Kier alpha value is -2.13. The molecular formula is C15H17FN2O3. The van der Waals surface area contributed by atoms with Gasteiger partial charge < -0.3 is 15.1 Å². The van der Waals surface area contributed by atoms with Gasteiger partial charge in [-0.1, -0.05) is 6.07 Å². The molecule has 1 aromatic rings. The smallest absolute Gasteiger partial charge is 0.407 e. The van der Waals surface area contributed by atoms with Crippen molar-refractivity contribution < 1.29 is 19.4 Å². The standard InChI is InChI=1S/C15H17FN2O3/c16-13-2-1-11(9-12(13)10-17)3-4-15(21)5-7-18(8-6-15)14(19)20/h1-2,9,21H,3-8H2,(H,19,20). The average Bonchev–Trinajstić information content (AvgIpc) is 2.47. The normalized spacial score (nSPS) is 17.3. The fraction of sp³-hybridized carbons (Fsp3) is 0.467. The van der Waals surface area contributed by atoms with Crippen LogP contribution >= 0.6 is 0 Å². The molecule has 0 saturated carbocycles. The number of carboxylic acid groups (broad SMARTS) is 1. The van der Waals surface area contributed by atoms with E-state index in [2.05, 4.69) is 0 Å². The number of benzene rings is 1. The van der Waals surface area contributed by atoms with Crippen LogP contribution in [0.4, 0.5) is 9.18 Å². The van der Waals surface area contributed by atoms with E-state index in [1.807, 2.05) is 0 Å². The van der Waals surface area contributed by atoms with Crippen molar-refractivity contribution >= 4 is 6.09 Å². The molecule has 1 heterocycles. The van der Waals surface area contributed by atoms with Crippen molar-refractivity contribution in [1.82, 2.24) is 4.90 Å². The Labute approximate surface area is 122 Å². The van der Waals surface area contributed by atoms with Gasteiger partial charge in [-0.15, -0.1) is 0 Å². The number of piperidine rings is 1. The summed E-state index contributed by atoms with van der Waals surface area (Å²) in [6.45, 7) is 0.636. The van der Waals surface area contributed by atoms with Gasteiger partial charge >= 0.3 is 6.09 Å². The summed E-state index contributed by atoms with van der Waals surface area (Å²) in [7, 11) is 0. The number of likely N-dealkylation sites (tertiary alicyclic amines) is 1. The average molecular weight is 292 g/mol. The molecule has 0 aliphatic carbocycles. The van der Waals surface area contributed by atoms with Gasteiger partial charge in [0.2, 0.25) is 0 Å². The Balaban J connectivity index is 1.94. The highest BCUT2D eigenvalue weighted by Gasteiger charge is 2.33. The number of rotatable bonds is 3. The van der Waals surface area contributed by atoms with E-state index in [0.717, 1.165) is 5.56 Å². The molecule has 1 fully saturated rings. The molecule has 0 atom stereocenters. The molecule has 1 saturated heterocycles. The summed E-state index contributed by atoms with van der Waals surface area (Å²) in [5.41, 5.74) is -0.102. The van der Waals surface area contributed by atoms with Gasteiger partial charge in [-0.2, -0.15) is 5.26 Å². The molecule has 0 spiro atoms. The van der Waals surface area contributed by atoms with Crippen molar-refractivity contribution in [3.05, 3.63) is 35.1 Å². The Morgan fingerprint density at radius 1 is 1.43 bits per heavy atom. The SMILES string of the molecule is N#Cc1cc(CCC2(O)CCN(C(=O)O)CC2)ccc1F. The lowest BCUT2D eigenvalue weighted by Crippen LogP contribution is -2.46. The first-order valence-electron chi connectivity index (χ1n) is 6.82. The number of nitriles is 1. The molecule has 1 amide bonds.